The zero-order valence-electron chi connectivity index (χ0n) is 8.48. The summed E-state index contributed by atoms with van der Waals surface area (Å²) in [7, 11) is 0. The minimum absolute atomic E-state index is 0.287. The Bertz CT molecular complexity index is 386. The van der Waals surface area contributed by atoms with Crippen molar-refractivity contribution in [2.45, 2.75) is 25.3 Å². The van der Waals surface area contributed by atoms with E-state index in [-0.39, 0.29) is 5.56 Å². The summed E-state index contributed by atoms with van der Waals surface area (Å²) in [6.07, 6.45) is 1.71. The van der Waals surface area contributed by atoms with Gasteiger partial charge in [-0.15, -0.1) is 0 Å². The largest absolute Gasteiger partial charge is 0.505 e. The van der Waals surface area contributed by atoms with E-state index in [0.717, 1.165) is 31.5 Å². The smallest absolute Gasteiger partial charge is 0.165 e. The number of nitrogens with one attached hydrogen (secondary N) is 1. The van der Waals surface area contributed by atoms with E-state index in [4.69, 9.17) is 5.11 Å². The molecule has 0 aliphatic carbocycles. The summed E-state index contributed by atoms with van der Waals surface area (Å²) in [4.78, 5) is 0. The van der Waals surface area contributed by atoms with Gasteiger partial charge in [-0.2, -0.15) is 0 Å². The first kappa shape index (κ1) is 10.4. The molecule has 15 heavy (non-hydrogen) atoms. The Morgan fingerprint density at radius 2 is 2.07 bits per heavy atom. The third-order valence-corrected chi connectivity index (χ3v) is 3.00. The van der Waals surface area contributed by atoms with Crippen LogP contribution in [0.15, 0.2) is 12.1 Å². The van der Waals surface area contributed by atoms with E-state index in [9.17, 15) is 8.78 Å². The molecule has 1 aromatic carbocycles. The molecule has 1 aliphatic rings. The van der Waals surface area contributed by atoms with Crippen LogP contribution >= 0.6 is 0 Å². The van der Waals surface area contributed by atoms with Crippen molar-refractivity contribution < 1.29 is 13.9 Å². The van der Waals surface area contributed by atoms with Gasteiger partial charge < -0.3 is 10.4 Å². The van der Waals surface area contributed by atoms with Gasteiger partial charge in [-0.1, -0.05) is 0 Å². The lowest BCUT2D eigenvalue weighted by molar-refractivity contribution is 0.391. The second-order valence-corrected chi connectivity index (χ2v) is 4.15. The lowest BCUT2D eigenvalue weighted by Crippen LogP contribution is -2.34. The highest BCUT2D eigenvalue weighted by Gasteiger charge is 2.33. The molecule has 1 aliphatic heterocycles. The first-order valence-electron chi connectivity index (χ1n) is 4.96. The van der Waals surface area contributed by atoms with Gasteiger partial charge in [-0.05, 0) is 32.4 Å². The fraction of sp³-hybridized carbons (Fsp3) is 0.455. The molecule has 0 spiro atoms. The van der Waals surface area contributed by atoms with E-state index in [1.807, 2.05) is 6.92 Å². The van der Waals surface area contributed by atoms with Crippen LogP contribution in [-0.4, -0.2) is 11.7 Å². The van der Waals surface area contributed by atoms with Gasteiger partial charge in [0.05, 0.1) is 0 Å². The van der Waals surface area contributed by atoms with Crippen molar-refractivity contribution in [3.05, 3.63) is 29.3 Å². The van der Waals surface area contributed by atoms with Crippen molar-refractivity contribution in [3.8, 4) is 5.75 Å². The van der Waals surface area contributed by atoms with Crippen molar-refractivity contribution in [2.75, 3.05) is 6.54 Å². The summed E-state index contributed by atoms with van der Waals surface area (Å²) < 4.78 is 26.7. The van der Waals surface area contributed by atoms with Crippen LogP contribution in [0.2, 0.25) is 0 Å². The number of phenolic OH excluding ortho intramolecular Hbond substituents is 1. The minimum Gasteiger partial charge on any atom is -0.505 e. The second kappa shape index (κ2) is 3.45. The van der Waals surface area contributed by atoms with Crippen LogP contribution in [-0.2, 0) is 5.54 Å². The third-order valence-electron chi connectivity index (χ3n) is 3.00. The van der Waals surface area contributed by atoms with E-state index < -0.39 is 22.9 Å². The van der Waals surface area contributed by atoms with Crippen molar-refractivity contribution in [2.24, 2.45) is 0 Å². The molecule has 1 fully saturated rings. The first-order chi connectivity index (χ1) is 7.03. The molecular formula is C11H13F2NO. The number of aromatic hydroxyl groups is 1. The van der Waals surface area contributed by atoms with E-state index in [1.165, 1.54) is 0 Å². The molecule has 82 valence electrons. The number of hydrogen-bond acceptors (Lipinski definition) is 2. The molecule has 0 radical (unpaired) electrons. The topological polar surface area (TPSA) is 32.3 Å². The summed E-state index contributed by atoms with van der Waals surface area (Å²) >= 11 is 0. The highest BCUT2D eigenvalue weighted by atomic mass is 19.1. The molecule has 1 atom stereocenters. The highest BCUT2D eigenvalue weighted by Crippen LogP contribution is 2.34. The van der Waals surface area contributed by atoms with Crippen LogP contribution in [0, 0.1) is 11.6 Å². The fourth-order valence-electron chi connectivity index (χ4n) is 2.08. The summed E-state index contributed by atoms with van der Waals surface area (Å²) in [6.45, 7) is 2.65. The number of hydrogen-bond donors (Lipinski definition) is 2. The molecule has 1 saturated heterocycles. The molecular weight excluding hydrogens is 200 g/mol. The highest BCUT2D eigenvalue weighted by molar-refractivity contribution is 5.34. The van der Waals surface area contributed by atoms with E-state index >= 15 is 0 Å². The Hall–Kier alpha value is -1.16. The normalized spacial score (nSPS) is 25.8. The van der Waals surface area contributed by atoms with Crippen molar-refractivity contribution in [1.82, 2.24) is 5.32 Å². The molecule has 0 saturated carbocycles. The summed E-state index contributed by atoms with van der Waals surface area (Å²) in [6, 6.07) is 1.90. The van der Waals surface area contributed by atoms with Gasteiger partial charge in [-0.25, -0.2) is 8.78 Å². The Kier molecular flexibility index (Phi) is 2.38. The van der Waals surface area contributed by atoms with Gasteiger partial charge >= 0.3 is 0 Å². The van der Waals surface area contributed by atoms with Gasteiger partial charge in [0.1, 0.15) is 5.82 Å². The monoisotopic (exact) mass is 213 g/mol. The van der Waals surface area contributed by atoms with Gasteiger partial charge in [0.15, 0.2) is 11.6 Å². The molecule has 1 heterocycles. The van der Waals surface area contributed by atoms with Gasteiger partial charge in [0.25, 0.3) is 0 Å². The lowest BCUT2D eigenvalue weighted by Gasteiger charge is -2.25. The Balaban J connectivity index is 2.48. The Morgan fingerprint density at radius 1 is 1.33 bits per heavy atom. The van der Waals surface area contributed by atoms with E-state index in [0.29, 0.717) is 0 Å². The van der Waals surface area contributed by atoms with Crippen LogP contribution < -0.4 is 5.32 Å². The van der Waals surface area contributed by atoms with Gasteiger partial charge in [-0.3, -0.25) is 0 Å². The Morgan fingerprint density at radius 3 is 2.67 bits per heavy atom. The predicted molar refractivity (Wildman–Crippen MR) is 52.6 cm³/mol. The second-order valence-electron chi connectivity index (χ2n) is 4.15. The zero-order chi connectivity index (χ0) is 11.1. The lowest BCUT2D eigenvalue weighted by atomic mass is 9.90. The summed E-state index contributed by atoms with van der Waals surface area (Å²) in [5.74, 6) is -1.98. The van der Waals surface area contributed by atoms with Crippen molar-refractivity contribution in [1.29, 1.82) is 0 Å². The zero-order valence-corrected chi connectivity index (χ0v) is 8.48. The first-order valence-corrected chi connectivity index (χ1v) is 4.96. The van der Waals surface area contributed by atoms with Gasteiger partial charge in [0.2, 0.25) is 0 Å². The number of halogens is 2. The van der Waals surface area contributed by atoms with Crippen LogP contribution in [0.5, 0.6) is 5.75 Å². The third kappa shape index (κ3) is 1.69. The summed E-state index contributed by atoms with van der Waals surface area (Å²) in [5, 5.41) is 12.2. The number of benzene rings is 1. The maximum atomic E-state index is 13.6. The standard InChI is InChI=1S/C11H13F2NO/c1-11(3-2-4-14-11)7-5-9(13)10(15)6-8(7)12/h5-6,14-15H,2-4H2,1H3. The van der Waals surface area contributed by atoms with Gasteiger partial charge in [0, 0.05) is 17.2 Å². The predicted octanol–water partition coefficient (Wildman–Crippen LogP) is 2.27. The van der Waals surface area contributed by atoms with Crippen molar-refractivity contribution in [3.63, 3.8) is 0 Å². The van der Waals surface area contributed by atoms with Crippen LogP contribution in [0.3, 0.4) is 0 Å². The maximum Gasteiger partial charge on any atom is 0.165 e. The Labute approximate surface area is 86.9 Å². The van der Waals surface area contributed by atoms with Crippen LogP contribution in [0.1, 0.15) is 25.3 Å². The SMILES string of the molecule is CC1(c2cc(F)c(O)cc2F)CCCN1. The number of phenols is 1. The number of rotatable bonds is 1. The minimum atomic E-state index is -0.777. The fourth-order valence-corrected chi connectivity index (χ4v) is 2.08. The quantitative estimate of drug-likeness (QED) is 0.750. The molecule has 2 N–H and O–H groups in total. The molecule has 1 unspecified atom stereocenters. The molecule has 0 aromatic heterocycles. The van der Waals surface area contributed by atoms with E-state index in [2.05, 4.69) is 5.32 Å². The van der Waals surface area contributed by atoms with E-state index in [1.54, 1.807) is 0 Å². The summed E-state index contributed by atoms with van der Waals surface area (Å²) in [5.41, 5.74) is -0.228. The van der Waals surface area contributed by atoms with Crippen molar-refractivity contribution >= 4 is 0 Å². The average Bonchev–Trinajstić information content (AvgIpc) is 2.60. The molecule has 2 rings (SSSR count). The molecule has 0 bridgehead atoms. The van der Waals surface area contributed by atoms with Crippen LogP contribution in [0.4, 0.5) is 8.78 Å². The molecule has 0 amide bonds. The average molecular weight is 213 g/mol. The molecule has 1 aromatic rings. The van der Waals surface area contributed by atoms with Crippen LogP contribution in [0.25, 0.3) is 0 Å². The molecule has 4 heteroatoms. The molecule has 2 nitrogen and oxygen atoms in total. The maximum absolute atomic E-state index is 13.6.